The van der Waals surface area contributed by atoms with Crippen molar-refractivity contribution in [2.45, 2.75) is 12.5 Å². The number of nitrogens with one attached hydrogen (secondary N) is 1. The van der Waals surface area contributed by atoms with Crippen molar-refractivity contribution in [3.05, 3.63) is 69.2 Å². The molecular formula is C14H11BrF4N2. The summed E-state index contributed by atoms with van der Waals surface area (Å²) < 4.78 is 53.9. The van der Waals surface area contributed by atoms with Crippen molar-refractivity contribution >= 4 is 15.9 Å². The highest BCUT2D eigenvalue weighted by Crippen LogP contribution is 2.28. The standard InChI is InChI=1S/C14H11BrF4N2/c15-10-4-8(16)2-1-7(10)3-13(21-20)14-11(18)5-9(17)6-12(14)19/h1-2,4-6,13,21H,3,20H2. The third kappa shape index (κ3) is 3.61. The van der Waals surface area contributed by atoms with Crippen LogP contribution in [0.2, 0.25) is 0 Å². The van der Waals surface area contributed by atoms with Crippen molar-refractivity contribution in [2.24, 2.45) is 5.84 Å². The zero-order valence-corrected chi connectivity index (χ0v) is 12.2. The summed E-state index contributed by atoms with van der Waals surface area (Å²) in [4.78, 5) is 0. The highest BCUT2D eigenvalue weighted by atomic mass is 79.9. The number of rotatable bonds is 4. The molecule has 0 fully saturated rings. The van der Waals surface area contributed by atoms with Crippen molar-refractivity contribution in [1.29, 1.82) is 0 Å². The molecule has 0 bridgehead atoms. The van der Waals surface area contributed by atoms with Gasteiger partial charge < -0.3 is 0 Å². The molecule has 0 radical (unpaired) electrons. The lowest BCUT2D eigenvalue weighted by Crippen LogP contribution is -2.31. The van der Waals surface area contributed by atoms with Gasteiger partial charge in [-0.3, -0.25) is 11.3 Å². The van der Waals surface area contributed by atoms with Gasteiger partial charge in [0.2, 0.25) is 0 Å². The van der Waals surface area contributed by atoms with E-state index < -0.39 is 29.3 Å². The maximum absolute atomic E-state index is 13.8. The Kier molecular flexibility index (Phi) is 4.97. The summed E-state index contributed by atoms with van der Waals surface area (Å²) in [5.74, 6) is 1.83. The normalized spacial score (nSPS) is 12.5. The largest absolute Gasteiger partial charge is 0.271 e. The van der Waals surface area contributed by atoms with Gasteiger partial charge in [-0.2, -0.15) is 0 Å². The third-order valence-electron chi connectivity index (χ3n) is 3.03. The van der Waals surface area contributed by atoms with Crippen LogP contribution in [0, 0.1) is 23.3 Å². The van der Waals surface area contributed by atoms with Crippen molar-refractivity contribution in [1.82, 2.24) is 5.43 Å². The van der Waals surface area contributed by atoms with Gasteiger partial charge in [0.1, 0.15) is 23.3 Å². The zero-order valence-electron chi connectivity index (χ0n) is 10.6. The zero-order chi connectivity index (χ0) is 15.6. The molecule has 0 aliphatic carbocycles. The minimum atomic E-state index is -1.03. The van der Waals surface area contributed by atoms with E-state index in [2.05, 4.69) is 21.4 Å². The molecule has 112 valence electrons. The van der Waals surface area contributed by atoms with Gasteiger partial charge in [0.25, 0.3) is 0 Å². The second-order valence-electron chi connectivity index (χ2n) is 4.44. The predicted molar refractivity (Wildman–Crippen MR) is 74.2 cm³/mol. The van der Waals surface area contributed by atoms with E-state index in [4.69, 9.17) is 5.84 Å². The van der Waals surface area contributed by atoms with E-state index in [0.29, 0.717) is 22.2 Å². The average molecular weight is 363 g/mol. The SMILES string of the molecule is NNC(Cc1ccc(F)cc1Br)c1c(F)cc(F)cc1F. The van der Waals surface area contributed by atoms with Crippen LogP contribution in [-0.4, -0.2) is 0 Å². The van der Waals surface area contributed by atoms with E-state index >= 15 is 0 Å². The first-order chi connectivity index (χ1) is 9.92. The fourth-order valence-electron chi connectivity index (χ4n) is 2.04. The van der Waals surface area contributed by atoms with Crippen molar-refractivity contribution < 1.29 is 17.6 Å². The van der Waals surface area contributed by atoms with Crippen molar-refractivity contribution in [2.75, 3.05) is 0 Å². The average Bonchev–Trinajstić information content (AvgIpc) is 2.39. The lowest BCUT2D eigenvalue weighted by molar-refractivity contribution is 0.461. The topological polar surface area (TPSA) is 38.0 Å². The first kappa shape index (κ1) is 15.9. The first-order valence-electron chi connectivity index (χ1n) is 5.97. The molecule has 0 aliphatic heterocycles. The minimum Gasteiger partial charge on any atom is -0.271 e. The summed E-state index contributed by atoms with van der Waals surface area (Å²) in [6, 6.07) is 4.19. The van der Waals surface area contributed by atoms with E-state index in [1.165, 1.54) is 18.2 Å². The Morgan fingerprint density at radius 1 is 1.00 bits per heavy atom. The fourth-order valence-corrected chi connectivity index (χ4v) is 2.55. The maximum Gasteiger partial charge on any atom is 0.133 e. The van der Waals surface area contributed by atoms with Gasteiger partial charge in [-0.15, -0.1) is 0 Å². The van der Waals surface area contributed by atoms with Gasteiger partial charge in [-0.1, -0.05) is 22.0 Å². The summed E-state index contributed by atoms with van der Waals surface area (Å²) in [5, 5.41) is 0. The van der Waals surface area contributed by atoms with E-state index in [-0.39, 0.29) is 12.0 Å². The molecule has 1 atom stereocenters. The van der Waals surface area contributed by atoms with Crippen LogP contribution in [0.15, 0.2) is 34.8 Å². The number of halogens is 5. The fraction of sp³-hybridized carbons (Fsp3) is 0.143. The molecule has 7 heteroatoms. The van der Waals surface area contributed by atoms with Crippen LogP contribution < -0.4 is 11.3 Å². The monoisotopic (exact) mass is 362 g/mol. The molecule has 2 nitrogen and oxygen atoms in total. The highest BCUT2D eigenvalue weighted by Gasteiger charge is 2.21. The summed E-state index contributed by atoms with van der Waals surface area (Å²) >= 11 is 3.17. The Labute approximate surface area is 127 Å². The van der Waals surface area contributed by atoms with E-state index in [1.807, 2.05) is 0 Å². The van der Waals surface area contributed by atoms with Gasteiger partial charge in [-0.25, -0.2) is 17.6 Å². The number of nitrogens with two attached hydrogens (primary N) is 1. The van der Waals surface area contributed by atoms with Crippen LogP contribution in [-0.2, 0) is 6.42 Å². The number of hydrogen-bond acceptors (Lipinski definition) is 2. The lowest BCUT2D eigenvalue weighted by atomic mass is 9.98. The van der Waals surface area contributed by atoms with Crippen molar-refractivity contribution in [3.8, 4) is 0 Å². The van der Waals surface area contributed by atoms with Gasteiger partial charge in [0.15, 0.2) is 0 Å². The molecule has 1 unspecified atom stereocenters. The quantitative estimate of drug-likeness (QED) is 0.493. The second kappa shape index (κ2) is 6.55. The smallest absolute Gasteiger partial charge is 0.133 e. The summed E-state index contributed by atoms with van der Waals surface area (Å²) in [6.45, 7) is 0. The Hall–Kier alpha value is -1.44. The molecule has 2 rings (SSSR count). The van der Waals surface area contributed by atoms with Crippen LogP contribution in [0.4, 0.5) is 17.6 Å². The molecule has 0 saturated heterocycles. The number of hydrogen-bond donors (Lipinski definition) is 2. The van der Waals surface area contributed by atoms with E-state index in [9.17, 15) is 17.6 Å². The highest BCUT2D eigenvalue weighted by molar-refractivity contribution is 9.10. The molecule has 2 aromatic carbocycles. The Bertz CT molecular complexity index is 640. The van der Waals surface area contributed by atoms with E-state index in [0.717, 1.165) is 0 Å². The molecule has 0 aliphatic rings. The second-order valence-corrected chi connectivity index (χ2v) is 5.30. The van der Waals surface area contributed by atoms with Gasteiger partial charge in [-0.05, 0) is 24.1 Å². The predicted octanol–water partition coefficient (Wildman–Crippen LogP) is 3.75. The Morgan fingerprint density at radius 3 is 2.14 bits per heavy atom. The maximum atomic E-state index is 13.8. The van der Waals surface area contributed by atoms with Crippen LogP contribution in [0.5, 0.6) is 0 Å². The third-order valence-corrected chi connectivity index (χ3v) is 3.77. The summed E-state index contributed by atoms with van der Waals surface area (Å²) in [6.07, 6.45) is 0.0941. The summed E-state index contributed by atoms with van der Waals surface area (Å²) in [7, 11) is 0. The van der Waals surface area contributed by atoms with Crippen LogP contribution in [0.3, 0.4) is 0 Å². The summed E-state index contributed by atoms with van der Waals surface area (Å²) in [5.41, 5.74) is 2.53. The van der Waals surface area contributed by atoms with Gasteiger partial charge in [0, 0.05) is 22.2 Å². The first-order valence-corrected chi connectivity index (χ1v) is 6.76. The molecule has 0 spiro atoms. The molecule has 3 N–H and O–H groups in total. The molecule has 0 saturated carbocycles. The molecule has 0 aromatic heterocycles. The number of hydrazine groups is 1. The minimum absolute atomic E-state index is 0.0941. The van der Waals surface area contributed by atoms with Crippen LogP contribution in [0.25, 0.3) is 0 Å². The van der Waals surface area contributed by atoms with E-state index in [1.54, 1.807) is 0 Å². The van der Waals surface area contributed by atoms with Gasteiger partial charge in [0.05, 0.1) is 6.04 Å². The molecular weight excluding hydrogens is 352 g/mol. The Morgan fingerprint density at radius 2 is 1.62 bits per heavy atom. The van der Waals surface area contributed by atoms with Crippen LogP contribution in [0.1, 0.15) is 17.2 Å². The van der Waals surface area contributed by atoms with Gasteiger partial charge >= 0.3 is 0 Å². The molecule has 2 aromatic rings. The molecule has 21 heavy (non-hydrogen) atoms. The molecule has 0 amide bonds. The van der Waals surface area contributed by atoms with Crippen molar-refractivity contribution in [3.63, 3.8) is 0 Å². The van der Waals surface area contributed by atoms with Crippen LogP contribution >= 0.6 is 15.9 Å². The lowest BCUT2D eigenvalue weighted by Gasteiger charge is -2.18. The Balaban J connectivity index is 2.37. The molecule has 0 heterocycles. The number of benzene rings is 2.